The summed E-state index contributed by atoms with van der Waals surface area (Å²) in [5.74, 6) is -0.0626. The first-order valence-corrected chi connectivity index (χ1v) is 13.1. The summed E-state index contributed by atoms with van der Waals surface area (Å²) in [4.78, 5) is 12.5. The van der Waals surface area contributed by atoms with E-state index in [0.29, 0.717) is 27.0 Å². The number of aliphatic hydroxyl groups is 2. The molecule has 3 N–H and O–H groups in total. The Kier molecular flexibility index (Phi) is 7.50. The minimum Gasteiger partial charge on any atom is -0.449 e. The number of rotatable bonds is 7. The molecule has 1 heterocycles. The van der Waals surface area contributed by atoms with Crippen LogP contribution in [0.2, 0.25) is 10.0 Å². The Morgan fingerprint density at radius 2 is 1.61 bits per heavy atom. The molecule has 0 radical (unpaired) electrons. The summed E-state index contributed by atoms with van der Waals surface area (Å²) >= 11 is 12.6. The fourth-order valence-corrected chi connectivity index (χ4v) is 5.66. The number of aliphatic hydroxyl groups excluding tert-OH is 2. The average molecular weight is 551 g/mol. The molecule has 3 aromatic carbocycles. The van der Waals surface area contributed by atoms with Gasteiger partial charge in [0.05, 0.1) is 15.7 Å². The Bertz CT molecular complexity index is 1450. The molecule has 0 saturated carbocycles. The Hall–Kier alpha value is -3.29. The number of benzene rings is 3. The van der Waals surface area contributed by atoms with Crippen molar-refractivity contribution in [3.05, 3.63) is 111 Å². The number of carbonyl (C=O) groups excluding carboxylic acids is 1. The van der Waals surface area contributed by atoms with Crippen molar-refractivity contribution in [2.24, 2.45) is 0 Å². The third-order valence-corrected chi connectivity index (χ3v) is 7.93. The highest BCUT2D eigenvalue weighted by Crippen LogP contribution is 2.44. The fraction of sp³-hybridized carbons (Fsp3) is 0.233. The lowest BCUT2D eigenvalue weighted by molar-refractivity contribution is 0.0182. The Morgan fingerprint density at radius 1 is 0.974 bits per heavy atom. The Balaban J connectivity index is 1.22. The molecule has 38 heavy (non-hydrogen) atoms. The van der Waals surface area contributed by atoms with Crippen LogP contribution in [0.25, 0.3) is 16.8 Å². The molecular formula is C30H28Cl2N2O4. The Morgan fingerprint density at radius 3 is 2.26 bits per heavy atom. The lowest BCUT2D eigenvalue weighted by Crippen LogP contribution is -2.36. The molecule has 0 aliphatic heterocycles. The molecule has 2 atom stereocenters. The number of carbonyl (C=O) groups is 1. The zero-order valence-electron chi connectivity index (χ0n) is 21.0. The maximum Gasteiger partial charge on any atom is 0.407 e. The smallest absolute Gasteiger partial charge is 0.407 e. The second-order valence-corrected chi connectivity index (χ2v) is 10.2. The van der Waals surface area contributed by atoms with Gasteiger partial charge in [-0.05, 0) is 54.3 Å². The maximum atomic E-state index is 12.5. The van der Waals surface area contributed by atoms with Gasteiger partial charge in [-0.15, -0.1) is 0 Å². The lowest BCUT2D eigenvalue weighted by Gasteiger charge is -2.20. The van der Waals surface area contributed by atoms with Crippen LogP contribution >= 0.6 is 23.2 Å². The van der Waals surface area contributed by atoms with Crippen molar-refractivity contribution in [3.63, 3.8) is 0 Å². The normalized spacial score (nSPS) is 14.1. The highest BCUT2D eigenvalue weighted by Gasteiger charge is 2.29. The first-order valence-electron chi connectivity index (χ1n) is 12.4. The molecule has 6 nitrogen and oxygen atoms in total. The van der Waals surface area contributed by atoms with Crippen LogP contribution in [0, 0.1) is 13.8 Å². The molecule has 5 rings (SSSR count). The molecule has 0 saturated heterocycles. The summed E-state index contributed by atoms with van der Waals surface area (Å²) < 4.78 is 7.40. The molecule has 1 aliphatic carbocycles. The van der Waals surface area contributed by atoms with E-state index in [1.54, 1.807) is 18.2 Å². The molecule has 1 aromatic heterocycles. The molecule has 0 bridgehead atoms. The van der Waals surface area contributed by atoms with Crippen LogP contribution in [0.15, 0.2) is 72.8 Å². The van der Waals surface area contributed by atoms with Crippen LogP contribution in [0.3, 0.4) is 0 Å². The zero-order chi connectivity index (χ0) is 27.0. The monoisotopic (exact) mass is 550 g/mol. The number of fused-ring (bicyclic) bond motifs is 3. The van der Waals surface area contributed by atoms with Crippen LogP contribution in [-0.2, 0) is 4.74 Å². The molecule has 0 spiro atoms. The van der Waals surface area contributed by atoms with E-state index >= 15 is 0 Å². The molecular weight excluding hydrogens is 523 g/mol. The van der Waals surface area contributed by atoms with E-state index in [2.05, 4.69) is 29.6 Å². The van der Waals surface area contributed by atoms with Crippen molar-refractivity contribution in [1.29, 1.82) is 0 Å². The summed E-state index contributed by atoms with van der Waals surface area (Å²) in [6.07, 6.45) is -3.14. The molecule has 8 heteroatoms. The van der Waals surface area contributed by atoms with Crippen LogP contribution in [0.5, 0.6) is 0 Å². The van der Waals surface area contributed by atoms with E-state index in [9.17, 15) is 15.0 Å². The van der Waals surface area contributed by atoms with E-state index in [1.165, 1.54) is 0 Å². The van der Waals surface area contributed by atoms with Gasteiger partial charge >= 0.3 is 6.09 Å². The number of ether oxygens (including phenoxy) is 1. The molecule has 0 fully saturated rings. The summed E-state index contributed by atoms with van der Waals surface area (Å²) in [6, 6.07) is 23.3. The number of alkyl carbamates (subject to hydrolysis) is 1. The van der Waals surface area contributed by atoms with Gasteiger partial charge in [0.2, 0.25) is 0 Å². The highest BCUT2D eigenvalue weighted by atomic mass is 35.5. The van der Waals surface area contributed by atoms with Crippen LogP contribution in [0.4, 0.5) is 4.79 Å². The van der Waals surface area contributed by atoms with Crippen LogP contribution in [0.1, 0.15) is 40.1 Å². The second kappa shape index (κ2) is 10.8. The van der Waals surface area contributed by atoms with Crippen molar-refractivity contribution < 1.29 is 19.7 Å². The first-order chi connectivity index (χ1) is 18.3. The predicted molar refractivity (Wildman–Crippen MR) is 149 cm³/mol. The average Bonchev–Trinajstić information content (AvgIpc) is 3.40. The number of aryl methyl sites for hydroxylation is 1. The minimum absolute atomic E-state index is 0.0626. The molecule has 2 unspecified atom stereocenters. The van der Waals surface area contributed by atoms with Gasteiger partial charge < -0.3 is 24.8 Å². The van der Waals surface area contributed by atoms with Gasteiger partial charge in [0.15, 0.2) is 0 Å². The number of hydrogen-bond acceptors (Lipinski definition) is 4. The molecule has 1 amide bonds. The zero-order valence-corrected chi connectivity index (χ0v) is 22.5. The van der Waals surface area contributed by atoms with Gasteiger partial charge in [-0.1, -0.05) is 77.8 Å². The number of halogens is 2. The van der Waals surface area contributed by atoms with Crippen molar-refractivity contribution in [1.82, 2.24) is 9.88 Å². The van der Waals surface area contributed by atoms with Crippen molar-refractivity contribution in [2.75, 3.05) is 13.2 Å². The Labute approximate surface area is 231 Å². The molecule has 196 valence electrons. The number of hydrogen-bond donors (Lipinski definition) is 3. The van der Waals surface area contributed by atoms with Crippen molar-refractivity contribution in [3.8, 4) is 16.8 Å². The van der Waals surface area contributed by atoms with E-state index in [1.807, 2.05) is 48.7 Å². The second-order valence-electron chi connectivity index (χ2n) is 9.45. The van der Waals surface area contributed by atoms with E-state index in [-0.39, 0.29) is 19.1 Å². The highest BCUT2D eigenvalue weighted by molar-refractivity contribution is 6.43. The lowest BCUT2D eigenvalue weighted by atomic mass is 9.98. The summed E-state index contributed by atoms with van der Waals surface area (Å²) in [5, 5.41) is 25.0. The predicted octanol–water partition coefficient (Wildman–Crippen LogP) is 6.33. The third-order valence-electron chi connectivity index (χ3n) is 7.12. The van der Waals surface area contributed by atoms with Crippen molar-refractivity contribution >= 4 is 29.3 Å². The molecule has 4 aromatic rings. The number of nitrogens with zero attached hydrogens (tertiary/aromatic N) is 1. The first kappa shape index (κ1) is 26.3. The summed E-state index contributed by atoms with van der Waals surface area (Å²) in [5.41, 5.74) is 7.26. The van der Waals surface area contributed by atoms with Crippen LogP contribution < -0.4 is 5.32 Å². The van der Waals surface area contributed by atoms with E-state index < -0.39 is 18.3 Å². The minimum atomic E-state index is -1.25. The number of nitrogens with one attached hydrogen (secondary N) is 1. The SMILES string of the molecule is Cc1cc(C(O)C(O)CNC(=O)OCC2c3ccccc3-c3ccccc32)c(C)n1-c1cccc(Cl)c1Cl. The van der Waals surface area contributed by atoms with Gasteiger partial charge in [-0.3, -0.25) is 0 Å². The largest absolute Gasteiger partial charge is 0.449 e. The van der Waals surface area contributed by atoms with Gasteiger partial charge in [0, 0.05) is 29.4 Å². The van der Waals surface area contributed by atoms with Gasteiger partial charge in [0.1, 0.15) is 18.8 Å². The van der Waals surface area contributed by atoms with Gasteiger partial charge in [-0.2, -0.15) is 0 Å². The van der Waals surface area contributed by atoms with E-state index in [4.69, 9.17) is 27.9 Å². The van der Waals surface area contributed by atoms with Gasteiger partial charge in [0.25, 0.3) is 0 Å². The van der Waals surface area contributed by atoms with Crippen molar-refractivity contribution in [2.45, 2.75) is 32.0 Å². The van der Waals surface area contributed by atoms with E-state index in [0.717, 1.165) is 27.9 Å². The fourth-order valence-electron chi connectivity index (χ4n) is 5.28. The topological polar surface area (TPSA) is 83.7 Å². The summed E-state index contributed by atoms with van der Waals surface area (Å²) in [7, 11) is 0. The summed E-state index contributed by atoms with van der Waals surface area (Å²) in [6.45, 7) is 3.69. The maximum absolute atomic E-state index is 12.5. The van der Waals surface area contributed by atoms with Crippen LogP contribution in [-0.4, -0.2) is 40.1 Å². The number of amides is 1. The van der Waals surface area contributed by atoms with Gasteiger partial charge in [-0.25, -0.2) is 4.79 Å². The quantitative estimate of drug-likeness (QED) is 0.251. The standard InChI is InChI=1S/C30H28Cl2N2O4/c1-17-14-23(18(2)34(17)26-13-7-12-25(31)28(26)32)29(36)27(35)15-33-30(37)38-16-24-21-10-5-3-8-19(21)20-9-4-6-11-22(20)24/h3-14,24,27,29,35-36H,15-16H2,1-2H3,(H,33,37). The number of aromatic nitrogens is 1. The third kappa shape index (κ3) is 4.81. The molecule has 1 aliphatic rings.